The van der Waals surface area contributed by atoms with Gasteiger partial charge in [-0.15, -0.1) is 11.3 Å². The van der Waals surface area contributed by atoms with Crippen LogP contribution in [0.15, 0.2) is 231 Å². The first-order chi connectivity index (χ1) is 30.2. The van der Waals surface area contributed by atoms with Crippen LogP contribution >= 0.6 is 11.3 Å². The molecule has 0 fully saturated rings. The van der Waals surface area contributed by atoms with Gasteiger partial charge in [-0.05, 0) is 103 Å². The summed E-state index contributed by atoms with van der Waals surface area (Å²) in [7, 11) is 0. The second-order valence-electron chi connectivity index (χ2n) is 15.4. The highest BCUT2D eigenvalue weighted by Crippen LogP contribution is 2.41. The molecule has 2 aromatic heterocycles. The van der Waals surface area contributed by atoms with E-state index in [1.165, 1.54) is 43.6 Å². The molecule has 0 aliphatic heterocycles. The molecule has 0 aliphatic rings. The average Bonchev–Trinajstić information content (AvgIpc) is 3.73. The van der Waals surface area contributed by atoms with Crippen molar-refractivity contribution in [3.05, 3.63) is 231 Å². The molecule has 0 spiro atoms. The summed E-state index contributed by atoms with van der Waals surface area (Å²) in [6, 6.07) is 82.5. The maximum absolute atomic E-state index is 5.40. The summed E-state index contributed by atoms with van der Waals surface area (Å²) >= 11 is 1.76. The van der Waals surface area contributed by atoms with Gasteiger partial charge in [0.2, 0.25) is 0 Å². The number of hydrogen-bond donors (Lipinski definition) is 0. The molecule has 9 aromatic carbocycles. The molecule has 0 N–H and O–H groups in total. The number of benzene rings is 9. The zero-order valence-electron chi connectivity index (χ0n) is 33.2. The lowest BCUT2D eigenvalue weighted by Gasteiger charge is -2.14. The topological polar surface area (TPSA) is 25.8 Å². The summed E-state index contributed by atoms with van der Waals surface area (Å²) in [6.07, 6.45) is 0. The Kier molecular flexibility index (Phi) is 9.42. The molecule has 61 heavy (non-hydrogen) atoms. The van der Waals surface area contributed by atoms with E-state index in [2.05, 4.69) is 231 Å². The van der Waals surface area contributed by atoms with Crippen molar-refractivity contribution < 1.29 is 0 Å². The van der Waals surface area contributed by atoms with Crippen molar-refractivity contribution in [1.29, 1.82) is 0 Å². The van der Waals surface area contributed by atoms with Crippen LogP contribution in [0.5, 0.6) is 0 Å². The van der Waals surface area contributed by atoms with Gasteiger partial charge in [0.05, 0.1) is 15.9 Å². The number of fused-ring (bicyclic) bond motifs is 3. The standard InChI is InChI=1S/C58H38N2S/c1-4-14-39(15-5-1)42-26-30-44(31-27-42)50-36-51(45-32-28-43(29-33-45)40-16-6-2-7-17-40)38-52(37-50)47-21-13-23-49(35-47)58-59-55(57-56(60-58)53-24-10-11-25-54(53)61-57)48-22-12-20-46(34-48)41-18-8-3-9-19-41/h1-38H. The number of nitrogens with zero attached hydrogens (tertiary/aromatic N) is 2. The largest absolute Gasteiger partial charge is 0.226 e. The Labute approximate surface area is 359 Å². The predicted octanol–water partition coefficient (Wildman–Crippen LogP) is 16.2. The van der Waals surface area contributed by atoms with E-state index in [4.69, 9.17) is 9.97 Å². The molecule has 0 atom stereocenters. The maximum atomic E-state index is 5.40. The highest BCUT2D eigenvalue weighted by Gasteiger charge is 2.18. The number of aromatic nitrogens is 2. The minimum absolute atomic E-state index is 0.711. The fourth-order valence-corrected chi connectivity index (χ4v) is 9.48. The van der Waals surface area contributed by atoms with Crippen LogP contribution in [0, 0.1) is 0 Å². The van der Waals surface area contributed by atoms with Gasteiger partial charge in [0.1, 0.15) is 0 Å². The van der Waals surface area contributed by atoms with Crippen LogP contribution < -0.4 is 0 Å². The van der Waals surface area contributed by atoms with E-state index < -0.39 is 0 Å². The molecule has 0 saturated carbocycles. The summed E-state index contributed by atoms with van der Waals surface area (Å²) in [5, 5.41) is 1.15. The van der Waals surface area contributed by atoms with Gasteiger partial charge in [-0.1, -0.05) is 194 Å². The lowest BCUT2D eigenvalue weighted by atomic mass is 9.91. The molecule has 2 nitrogen and oxygen atoms in total. The Morgan fingerprint density at radius 2 is 0.623 bits per heavy atom. The monoisotopic (exact) mass is 794 g/mol. The summed E-state index contributed by atoms with van der Waals surface area (Å²) in [4.78, 5) is 10.7. The van der Waals surface area contributed by atoms with Crippen molar-refractivity contribution in [1.82, 2.24) is 9.97 Å². The Morgan fingerprint density at radius 1 is 0.262 bits per heavy atom. The van der Waals surface area contributed by atoms with Gasteiger partial charge in [0, 0.05) is 21.2 Å². The van der Waals surface area contributed by atoms with Crippen LogP contribution in [-0.2, 0) is 0 Å². The fraction of sp³-hybridized carbons (Fsp3) is 0. The van der Waals surface area contributed by atoms with Gasteiger partial charge < -0.3 is 0 Å². The average molecular weight is 795 g/mol. The smallest absolute Gasteiger partial charge is 0.160 e. The molecule has 2 heterocycles. The van der Waals surface area contributed by atoms with Crippen LogP contribution in [0.2, 0.25) is 0 Å². The van der Waals surface area contributed by atoms with Crippen molar-refractivity contribution in [2.75, 3.05) is 0 Å². The molecule has 3 heteroatoms. The fourth-order valence-electron chi connectivity index (χ4n) is 8.33. The molecule has 11 rings (SSSR count). The van der Waals surface area contributed by atoms with E-state index in [1.54, 1.807) is 11.3 Å². The van der Waals surface area contributed by atoms with E-state index in [1.807, 2.05) is 0 Å². The highest BCUT2D eigenvalue weighted by molar-refractivity contribution is 7.26. The van der Waals surface area contributed by atoms with Crippen molar-refractivity contribution in [2.45, 2.75) is 0 Å². The summed E-state index contributed by atoms with van der Waals surface area (Å²) < 4.78 is 2.30. The zero-order valence-corrected chi connectivity index (χ0v) is 34.1. The van der Waals surface area contributed by atoms with E-state index in [-0.39, 0.29) is 0 Å². The first-order valence-electron chi connectivity index (χ1n) is 20.6. The lowest BCUT2D eigenvalue weighted by molar-refractivity contribution is 1.24. The first kappa shape index (κ1) is 36.4. The third-order valence-corrected chi connectivity index (χ3v) is 12.7. The summed E-state index contributed by atoms with van der Waals surface area (Å²) in [6.45, 7) is 0. The Balaban J connectivity index is 1.04. The minimum atomic E-state index is 0.711. The van der Waals surface area contributed by atoms with Gasteiger partial charge in [-0.2, -0.15) is 0 Å². The second-order valence-corrected chi connectivity index (χ2v) is 16.4. The van der Waals surface area contributed by atoms with E-state index in [0.29, 0.717) is 5.82 Å². The number of hydrogen-bond acceptors (Lipinski definition) is 3. The van der Waals surface area contributed by atoms with Crippen LogP contribution in [-0.4, -0.2) is 9.97 Å². The molecule has 0 aliphatic carbocycles. The minimum Gasteiger partial charge on any atom is -0.226 e. The Bertz CT molecular complexity index is 3220. The summed E-state index contributed by atoms with van der Waals surface area (Å²) in [5.74, 6) is 0.711. The number of rotatable bonds is 8. The van der Waals surface area contributed by atoms with E-state index in [9.17, 15) is 0 Å². The number of thiophene rings is 1. The highest BCUT2D eigenvalue weighted by atomic mass is 32.1. The zero-order chi connectivity index (χ0) is 40.5. The first-order valence-corrected chi connectivity index (χ1v) is 21.4. The molecular weight excluding hydrogens is 757 g/mol. The van der Waals surface area contributed by atoms with Gasteiger partial charge in [-0.25, -0.2) is 9.97 Å². The molecule has 0 amide bonds. The van der Waals surface area contributed by atoms with Crippen molar-refractivity contribution in [2.24, 2.45) is 0 Å². The van der Waals surface area contributed by atoms with Crippen LogP contribution in [0.25, 0.3) is 110 Å². The molecule has 0 radical (unpaired) electrons. The van der Waals surface area contributed by atoms with Crippen molar-refractivity contribution >= 4 is 31.6 Å². The van der Waals surface area contributed by atoms with Crippen LogP contribution in [0.4, 0.5) is 0 Å². The molecular formula is C58H38N2S. The molecule has 286 valence electrons. The quantitative estimate of drug-likeness (QED) is 0.153. The maximum Gasteiger partial charge on any atom is 0.160 e. The van der Waals surface area contributed by atoms with E-state index in [0.717, 1.165) is 60.2 Å². The second kappa shape index (κ2) is 15.8. The molecule has 11 aromatic rings. The molecule has 0 bridgehead atoms. The Hall–Kier alpha value is -7.72. The van der Waals surface area contributed by atoms with Crippen molar-refractivity contribution in [3.63, 3.8) is 0 Å². The van der Waals surface area contributed by atoms with Crippen LogP contribution in [0.1, 0.15) is 0 Å². The molecule has 0 unspecified atom stereocenters. The lowest BCUT2D eigenvalue weighted by Crippen LogP contribution is -1.94. The normalized spacial score (nSPS) is 11.3. The Morgan fingerprint density at radius 3 is 1.18 bits per heavy atom. The predicted molar refractivity (Wildman–Crippen MR) is 258 cm³/mol. The van der Waals surface area contributed by atoms with Gasteiger partial charge in [0.15, 0.2) is 5.82 Å². The molecule has 0 saturated heterocycles. The van der Waals surface area contributed by atoms with Crippen molar-refractivity contribution in [3.8, 4) is 89.4 Å². The third kappa shape index (κ3) is 7.22. The van der Waals surface area contributed by atoms with E-state index >= 15 is 0 Å². The van der Waals surface area contributed by atoms with Gasteiger partial charge in [0.25, 0.3) is 0 Å². The van der Waals surface area contributed by atoms with Gasteiger partial charge in [-0.3, -0.25) is 0 Å². The van der Waals surface area contributed by atoms with Gasteiger partial charge >= 0.3 is 0 Å². The third-order valence-electron chi connectivity index (χ3n) is 11.5. The SMILES string of the molecule is c1ccc(-c2ccc(-c3cc(-c4ccc(-c5ccccc5)cc4)cc(-c4cccc(-c5nc(-c6cccc(-c7ccccc7)c6)c6sc7ccccc7c6n5)c4)c3)cc2)cc1. The summed E-state index contributed by atoms with van der Waals surface area (Å²) in [5.41, 5.74) is 18.0. The van der Waals surface area contributed by atoms with Crippen LogP contribution in [0.3, 0.4) is 0 Å².